The van der Waals surface area contributed by atoms with Crippen LogP contribution in [0.4, 0.5) is 0 Å². The summed E-state index contributed by atoms with van der Waals surface area (Å²) in [6.07, 6.45) is 10.0. The lowest BCUT2D eigenvalue weighted by Gasteiger charge is -2.26. The van der Waals surface area contributed by atoms with E-state index in [-0.39, 0.29) is 11.7 Å². The third-order valence-electron chi connectivity index (χ3n) is 6.96. The Morgan fingerprint density at radius 2 is 1.44 bits per heavy atom. The molecule has 3 aromatic rings. The number of hydrogen-bond donors (Lipinski definition) is 0. The summed E-state index contributed by atoms with van der Waals surface area (Å²) in [7, 11) is 0. The summed E-state index contributed by atoms with van der Waals surface area (Å²) in [6, 6.07) is 27.5. The molecule has 2 aliphatic rings. The summed E-state index contributed by atoms with van der Waals surface area (Å²) in [4.78, 5) is 12.2. The zero-order chi connectivity index (χ0) is 22.3. The van der Waals surface area contributed by atoms with Crippen LogP contribution in [-0.2, 0) is 11.2 Å². The van der Waals surface area contributed by atoms with Gasteiger partial charge in [-0.25, -0.2) is 0 Å². The fourth-order valence-corrected chi connectivity index (χ4v) is 4.97. The quantitative estimate of drug-likeness (QED) is 0.419. The molecule has 1 fully saturated rings. The molecule has 0 aromatic heterocycles. The van der Waals surface area contributed by atoms with Gasteiger partial charge in [0.15, 0.2) is 5.78 Å². The molecular formula is C31H34O. The maximum atomic E-state index is 12.2. The van der Waals surface area contributed by atoms with Gasteiger partial charge >= 0.3 is 0 Å². The summed E-state index contributed by atoms with van der Waals surface area (Å²) in [5.74, 6) is 1.97. The van der Waals surface area contributed by atoms with Crippen LogP contribution in [0.5, 0.6) is 0 Å². The maximum Gasteiger partial charge on any atom is 0.163 e. The van der Waals surface area contributed by atoms with Crippen LogP contribution in [0.2, 0.25) is 0 Å². The van der Waals surface area contributed by atoms with E-state index >= 15 is 0 Å². The van der Waals surface area contributed by atoms with Gasteiger partial charge in [-0.2, -0.15) is 0 Å². The summed E-state index contributed by atoms with van der Waals surface area (Å²) in [5.41, 5.74) is 6.31. The topological polar surface area (TPSA) is 17.1 Å². The first-order valence-corrected chi connectivity index (χ1v) is 12.0. The van der Waals surface area contributed by atoms with Gasteiger partial charge in [-0.05, 0) is 66.4 Å². The molecule has 164 valence electrons. The van der Waals surface area contributed by atoms with Crippen molar-refractivity contribution < 1.29 is 4.79 Å². The zero-order valence-corrected chi connectivity index (χ0v) is 19.3. The molecule has 5 rings (SSSR count). The highest BCUT2D eigenvalue weighted by Gasteiger charge is 2.24. The molecule has 0 bridgehead atoms. The van der Waals surface area contributed by atoms with Crippen molar-refractivity contribution in [1.29, 1.82) is 0 Å². The van der Waals surface area contributed by atoms with E-state index in [1.54, 1.807) is 11.6 Å². The number of aryl methyl sites for hydroxylation is 1. The number of ketones is 1. The van der Waals surface area contributed by atoms with Crippen LogP contribution in [0.1, 0.15) is 72.3 Å². The lowest BCUT2D eigenvalue weighted by Crippen LogP contribution is -2.17. The van der Waals surface area contributed by atoms with Crippen molar-refractivity contribution in [3.63, 3.8) is 0 Å². The first-order valence-electron chi connectivity index (χ1n) is 12.0. The first-order chi connectivity index (χ1) is 15.6. The zero-order valence-electron chi connectivity index (χ0n) is 19.3. The van der Waals surface area contributed by atoms with Gasteiger partial charge in [-0.1, -0.05) is 110 Å². The largest absolute Gasteiger partial charge is 0.294 e. The summed E-state index contributed by atoms with van der Waals surface area (Å²) < 4.78 is 0. The molecule has 1 saturated carbocycles. The molecule has 0 saturated heterocycles. The average molecular weight is 423 g/mol. The minimum atomic E-state index is -0.0395. The van der Waals surface area contributed by atoms with Gasteiger partial charge in [0, 0.05) is 0 Å². The number of allylic oxidation sites excluding steroid dienone is 1. The predicted molar refractivity (Wildman–Crippen MR) is 135 cm³/mol. The Hall–Kier alpha value is -2.93. The minimum absolute atomic E-state index is 0.0395. The van der Waals surface area contributed by atoms with Crippen molar-refractivity contribution in [3.05, 3.63) is 113 Å². The van der Waals surface area contributed by atoms with Gasteiger partial charge in [-0.15, -0.1) is 0 Å². The summed E-state index contributed by atoms with van der Waals surface area (Å²) in [6.45, 7) is 4.45. The fraction of sp³-hybridized carbons (Fsp3) is 0.323. The number of carbonyl (C=O) groups is 1. The van der Waals surface area contributed by atoms with Gasteiger partial charge < -0.3 is 0 Å². The van der Waals surface area contributed by atoms with Crippen molar-refractivity contribution >= 4 is 11.9 Å². The van der Waals surface area contributed by atoms with E-state index in [9.17, 15) is 4.79 Å². The number of fused-ring (bicyclic) bond motifs is 1. The van der Waals surface area contributed by atoms with E-state index in [0.29, 0.717) is 0 Å². The second-order valence-corrected chi connectivity index (χ2v) is 9.48. The van der Waals surface area contributed by atoms with Crippen molar-refractivity contribution in [1.82, 2.24) is 0 Å². The standard InChI is InChI=1S/C18H16O.C13H18/c1-13-7-8-15-9-10-18(19)17(16(15)11-13)12-14-5-3-2-4-6-14;1-11-7-9-13(10-8-11)12-5-3-2-4-6-12/h2-11,17H,12H2,1H3;2-6,11,13H,7-10H2,1H3. The normalized spacial score (nSPS) is 21.9. The van der Waals surface area contributed by atoms with Gasteiger partial charge in [0.05, 0.1) is 5.92 Å². The molecule has 1 nitrogen and oxygen atoms in total. The van der Waals surface area contributed by atoms with Crippen LogP contribution in [-0.4, -0.2) is 5.78 Å². The van der Waals surface area contributed by atoms with Gasteiger partial charge in [-0.3, -0.25) is 4.79 Å². The Kier molecular flexibility index (Phi) is 7.37. The van der Waals surface area contributed by atoms with Crippen molar-refractivity contribution in [3.8, 4) is 0 Å². The molecular weight excluding hydrogens is 388 g/mol. The smallest absolute Gasteiger partial charge is 0.163 e. The molecule has 1 atom stereocenters. The van der Waals surface area contributed by atoms with E-state index in [0.717, 1.165) is 23.8 Å². The third kappa shape index (κ3) is 5.65. The van der Waals surface area contributed by atoms with Crippen LogP contribution >= 0.6 is 0 Å². The third-order valence-corrected chi connectivity index (χ3v) is 6.96. The average Bonchev–Trinajstić information content (AvgIpc) is 2.83. The Labute approximate surface area is 193 Å². The van der Waals surface area contributed by atoms with E-state index in [2.05, 4.69) is 74.5 Å². The number of carbonyl (C=O) groups excluding carboxylic acids is 1. The second-order valence-electron chi connectivity index (χ2n) is 9.48. The van der Waals surface area contributed by atoms with Gasteiger partial charge in [0.2, 0.25) is 0 Å². The molecule has 32 heavy (non-hydrogen) atoms. The van der Waals surface area contributed by atoms with E-state index in [1.165, 1.54) is 42.4 Å². The number of hydrogen-bond acceptors (Lipinski definition) is 1. The van der Waals surface area contributed by atoms with E-state index in [1.807, 2.05) is 24.3 Å². The lowest BCUT2D eigenvalue weighted by molar-refractivity contribution is -0.116. The Balaban J connectivity index is 0.000000165. The lowest BCUT2D eigenvalue weighted by atomic mass is 9.79. The van der Waals surface area contributed by atoms with Crippen molar-refractivity contribution in [2.75, 3.05) is 0 Å². The monoisotopic (exact) mass is 422 g/mol. The second kappa shape index (κ2) is 10.6. The van der Waals surface area contributed by atoms with Crippen LogP contribution in [0, 0.1) is 12.8 Å². The van der Waals surface area contributed by atoms with Crippen LogP contribution in [0.15, 0.2) is 84.9 Å². The molecule has 3 aromatic carbocycles. The molecule has 0 spiro atoms. The van der Waals surface area contributed by atoms with E-state index in [4.69, 9.17) is 0 Å². The molecule has 1 unspecified atom stereocenters. The predicted octanol–water partition coefficient (Wildman–Crippen LogP) is 7.90. The molecule has 0 N–H and O–H groups in total. The Morgan fingerprint density at radius 1 is 0.781 bits per heavy atom. The highest BCUT2D eigenvalue weighted by Crippen LogP contribution is 2.35. The molecule has 0 amide bonds. The SMILES string of the molecule is CC1CCC(c2ccccc2)CC1.Cc1ccc2c(c1)C(Cc1ccccc1)C(=O)C=C2. The Bertz CT molecular complexity index is 1040. The molecule has 1 heteroatoms. The van der Waals surface area contributed by atoms with Crippen LogP contribution in [0.25, 0.3) is 6.08 Å². The highest BCUT2D eigenvalue weighted by atomic mass is 16.1. The fourth-order valence-electron chi connectivity index (χ4n) is 4.97. The van der Waals surface area contributed by atoms with Crippen LogP contribution < -0.4 is 0 Å². The number of rotatable bonds is 3. The van der Waals surface area contributed by atoms with Crippen molar-refractivity contribution in [2.45, 2.75) is 57.8 Å². The summed E-state index contributed by atoms with van der Waals surface area (Å²) in [5, 5.41) is 0. The Morgan fingerprint density at radius 3 is 2.12 bits per heavy atom. The van der Waals surface area contributed by atoms with Crippen LogP contribution in [0.3, 0.4) is 0 Å². The highest BCUT2D eigenvalue weighted by molar-refractivity contribution is 6.02. The summed E-state index contributed by atoms with van der Waals surface area (Å²) >= 11 is 0. The van der Waals surface area contributed by atoms with E-state index < -0.39 is 0 Å². The maximum absolute atomic E-state index is 12.2. The van der Waals surface area contributed by atoms with Crippen molar-refractivity contribution in [2.24, 2.45) is 5.92 Å². The minimum Gasteiger partial charge on any atom is -0.294 e. The first kappa shape index (κ1) is 22.3. The molecule has 0 heterocycles. The van der Waals surface area contributed by atoms with Gasteiger partial charge in [0.25, 0.3) is 0 Å². The molecule has 0 aliphatic heterocycles. The number of benzene rings is 3. The van der Waals surface area contributed by atoms with Gasteiger partial charge in [0.1, 0.15) is 0 Å². The molecule has 0 radical (unpaired) electrons. The molecule has 2 aliphatic carbocycles.